The molecule has 1 aromatic carbocycles. The number of esters is 2. The Balaban J connectivity index is 1.49. The molecule has 4 aliphatic rings. The van der Waals surface area contributed by atoms with E-state index in [0.717, 1.165) is 30.9 Å². The van der Waals surface area contributed by atoms with E-state index in [-0.39, 0.29) is 23.8 Å². The second-order valence-electron chi connectivity index (χ2n) is 9.06. The maximum atomic E-state index is 12.6. The van der Waals surface area contributed by atoms with E-state index in [4.69, 9.17) is 9.47 Å². The predicted molar refractivity (Wildman–Crippen MR) is 107 cm³/mol. The van der Waals surface area contributed by atoms with Crippen LogP contribution in [0.4, 0.5) is 0 Å². The fourth-order valence-corrected chi connectivity index (χ4v) is 6.24. The summed E-state index contributed by atoms with van der Waals surface area (Å²) in [5.74, 6) is -2.71. The van der Waals surface area contributed by atoms with Crippen LogP contribution in [-0.2, 0) is 35.7 Å². The number of phenolic OH excluding ortho intramolecular Hbond substituents is 1. The second kappa shape index (κ2) is 6.96. The molecule has 0 unspecified atom stereocenters. The molecule has 5 atom stereocenters. The summed E-state index contributed by atoms with van der Waals surface area (Å²) in [6, 6.07) is 3.44. The van der Waals surface area contributed by atoms with Crippen molar-refractivity contribution in [2.24, 2.45) is 5.92 Å². The van der Waals surface area contributed by atoms with E-state index < -0.39 is 47.6 Å². The maximum absolute atomic E-state index is 12.6. The van der Waals surface area contributed by atoms with E-state index in [1.54, 1.807) is 12.1 Å². The van der Waals surface area contributed by atoms with Crippen LogP contribution in [0.5, 0.6) is 11.5 Å². The average Bonchev–Trinajstić information content (AvgIpc) is 3.06. The van der Waals surface area contributed by atoms with Crippen LogP contribution in [0.2, 0.25) is 0 Å². The Morgan fingerprint density at radius 3 is 2.81 bits per heavy atom. The molecule has 5 rings (SSSR count). The summed E-state index contributed by atoms with van der Waals surface area (Å²) in [5.41, 5.74) is -0.155. The van der Waals surface area contributed by atoms with Crippen molar-refractivity contribution in [2.75, 3.05) is 0 Å². The van der Waals surface area contributed by atoms with Gasteiger partial charge in [-0.25, -0.2) is 4.79 Å². The first-order chi connectivity index (χ1) is 15.2. The highest BCUT2D eigenvalue weighted by Gasteiger charge is 2.70. The largest absolute Gasteiger partial charge is 0.504 e. The minimum absolute atomic E-state index is 0.0131. The molecule has 1 saturated carbocycles. The number of aromatic hydroxyl groups is 1. The van der Waals surface area contributed by atoms with Gasteiger partial charge in [-0.05, 0) is 49.3 Å². The number of phenols is 1. The van der Waals surface area contributed by atoms with Crippen molar-refractivity contribution in [3.8, 4) is 11.5 Å². The van der Waals surface area contributed by atoms with Crippen molar-refractivity contribution < 1.29 is 43.9 Å². The third kappa shape index (κ3) is 2.70. The smallest absolute Gasteiger partial charge is 0.345 e. The van der Waals surface area contributed by atoms with Gasteiger partial charge in [0.2, 0.25) is 6.10 Å². The lowest BCUT2D eigenvalue weighted by atomic mass is 9.47. The lowest BCUT2D eigenvalue weighted by molar-refractivity contribution is -0.169. The molecule has 32 heavy (non-hydrogen) atoms. The van der Waals surface area contributed by atoms with Crippen molar-refractivity contribution in [3.63, 3.8) is 0 Å². The van der Waals surface area contributed by atoms with Gasteiger partial charge in [0.15, 0.2) is 17.6 Å². The van der Waals surface area contributed by atoms with Gasteiger partial charge in [-0.3, -0.25) is 9.59 Å². The Labute approximate surface area is 183 Å². The van der Waals surface area contributed by atoms with Crippen molar-refractivity contribution in [1.82, 2.24) is 0 Å². The highest BCUT2D eigenvalue weighted by molar-refractivity contribution is 5.83. The molecule has 1 aliphatic heterocycles. The number of carbonyl (C=O) groups excluding carboxylic acids is 2. The van der Waals surface area contributed by atoms with Gasteiger partial charge in [0, 0.05) is 12.5 Å². The number of hydrogen-bond donors (Lipinski definition) is 3. The molecule has 9 nitrogen and oxygen atoms in total. The van der Waals surface area contributed by atoms with Gasteiger partial charge in [-0.15, -0.1) is 0 Å². The third-order valence-corrected chi connectivity index (χ3v) is 7.43. The zero-order valence-corrected chi connectivity index (χ0v) is 17.5. The number of aliphatic carboxylic acids is 1. The normalized spacial score (nSPS) is 32.1. The van der Waals surface area contributed by atoms with Crippen LogP contribution >= 0.6 is 0 Å². The van der Waals surface area contributed by atoms with Gasteiger partial charge in [0.25, 0.3) is 0 Å². The Kier molecular flexibility index (Phi) is 4.53. The van der Waals surface area contributed by atoms with Gasteiger partial charge < -0.3 is 29.5 Å². The standard InChI is InChI=1S/C23H24O9/c1-11(24)30-16(21(27)28)10-17(26)31-15-6-8-23(29)13-3-2-7-22(23)18-12(9-13)4-5-14(25)19(18)32-20(15)22/h4-6,13,16,20,25,29H,2-3,7-10H2,1H3,(H,27,28)/t13-,16+,20+,22+,23-/m1/s1. The number of benzene rings is 1. The molecule has 1 aromatic rings. The molecule has 0 aromatic heterocycles. The van der Waals surface area contributed by atoms with Gasteiger partial charge in [-0.1, -0.05) is 12.5 Å². The van der Waals surface area contributed by atoms with Crippen molar-refractivity contribution in [3.05, 3.63) is 35.1 Å². The summed E-state index contributed by atoms with van der Waals surface area (Å²) in [4.78, 5) is 35.0. The number of carboxylic acid groups (broad SMARTS) is 1. The van der Waals surface area contributed by atoms with Crippen LogP contribution in [0.15, 0.2) is 24.0 Å². The van der Waals surface area contributed by atoms with Gasteiger partial charge in [0.1, 0.15) is 5.76 Å². The first-order valence-electron chi connectivity index (χ1n) is 10.7. The molecular formula is C23H24O9. The van der Waals surface area contributed by atoms with E-state index in [2.05, 4.69) is 4.74 Å². The molecule has 0 amide bonds. The first kappa shape index (κ1) is 20.8. The lowest BCUT2D eigenvalue weighted by Gasteiger charge is -2.59. The summed E-state index contributed by atoms with van der Waals surface area (Å²) in [7, 11) is 0. The van der Waals surface area contributed by atoms with E-state index in [1.807, 2.05) is 6.07 Å². The molecule has 9 heteroatoms. The van der Waals surface area contributed by atoms with E-state index in [0.29, 0.717) is 18.6 Å². The fourth-order valence-electron chi connectivity index (χ4n) is 6.24. The quantitative estimate of drug-likeness (QED) is 0.579. The minimum atomic E-state index is -1.66. The predicted octanol–water partition coefficient (Wildman–Crippen LogP) is 1.72. The highest BCUT2D eigenvalue weighted by atomic mass is 16.6. The van der Waals surface area contributed by atoms with Crippen molar-refractivity contribution >= 4 is 17.9 Å². The Bertz CT molecular complexity index is 1060. The summed E-state index contributed by atoms with van der Waals surface area (Å²) in [6.07, 6.45) is 1.73. The molecule has 1 fully saturated rings. The van der Waals surface area contributed by atoms with Gasteiger partial charge in [0.05, 0.1) is 17.4 Å². The number of aliphatic hydroxyl groups is 1. The van der Waals surface area contributed by atoms with Crippen LogP contribution < -0.4 is 4.74 Å². The summed E-state index contributed by atoms with van der Waals surface area (Å²) in [6.45, 7) is 1.06. The number of carboxylic acids is 1. The zero-order valence-electron chi connectivity index (χ0n) is 17.5. The van der Waals surface area contributed by atoms with Crippen LogP contribution in [-0.4, -0.2) is 51.0 Å². The van der Waals surface area contributed by atoms with Crippen molar-refractivity contribution in [1.29, 1.82) is 0 Å². The summed E-state index contributed by atoms with van der Waals surface area (Å²) < 4.78 is 16.4. The Hall–Kier alpha value is -3.07. The van der Waals surface area contributed by atoms with Crippen LogP contribution in [0.3, 0.4) is 0 Å². The number of rotatable bonds is 5. The SMILES string of the molecule is CC(=O)O[C@@H](CC(=O)OC1=CC[C@@]2(O)[C@@H]3CCC[C@@]24c2c(ccc(O)c2O[C@@H]14)C3)C(=O)O. The number of hydrogen-bond acceptors (Lipinski definition) is 8. The second-order valence-corrected chi connectivity index (χ2v) is 9.06. The molecule has 0 radical (unpaired) electrons. The van der Waals surface area contributed by atoms with E-state index >= 15 is 0 Å². The summed E-state index contributed by atoms with van der Waals surface area (Å²) in [5, 5.41) is 31.6. The first-order valence-corrected chi connectivity index (χ1v) is 10.7. The summed E-state index contributed by atoms with van der Waals surface area (Å²) >= 11 is 0. The highest BCUT2D eigenvalue weighted by Crippen LogP contribution is 2.67. The molecule has 1 spiro atoms. The minimum Gasteiger partial charge on any atom is -0.504 e. The Morgan fingerprint density at radius 2 is 2.09 bits per heavy atom. The average molecular weight is 444 g/mol. The van der Waals surface area contributed by atoms with E-state index in [9.17, 15) is 29.7 Å². The molecule has 3 aliphatic carbocycles. The molecule has 2 bridgehead atoms. The number of carbonyl (C=O) groups is 3. The lowest BCUT2D eigenvalue weighted by Crippen LogP contribution is -2.67. The topological polar surface area (TPSA) is 140 Å². The molecule has 0 saturated heterocycles. The molecule has 3 N–H and O–H groups in total. The zero-order chi connectivity index (χ0) is 22.8. The molecule has 1 heterocycles. The molecular weight excluding hydrogens is 420 g/mol. The van der Waals surface area contributed by atoms with Crippen LogP contribution in [0.25, 0.3) is 0 Å². The van der Waals surface area contributed by atoms with Gasteiger partial charge >= 0.3 is 17.9 Å². The Morgan fingerprint density at radius 1 is 1.31 bits per heavy atom. The van der Waals surface area contributed by atoms with E-state index in [1.165, 1.54) is 0 Å². The third-order valence-electron chi connectivity index (χ3n) is 7.43. The molecule has 170 valence electrons. The monoisotopic (exact) mass is 444 g/mol. The fraction of sp³-hybridized carbons (Fsp3) is 0.522. The van der Waals surface area contributed by atoms with Crippen LogP contribution in [0, 0.1) is 5.92 Å². The van der Waals surface area contributed by atoms with Crippen LogP contribution in [0.1, 0.15) is 50.2 Å². The van der Waals surface area contributed by atoms with Crippen molar-refractivity contribution in [2.45, 2.75) is 68.7 Å². The maximum Gasteiger partial charge on any atom is 0.345 e. The van der Waals surface area contributed by atoms with Gasteiger partial charge in [-0.2, -0.15) is 0 Å². The number of ether oxygens (including phenoxy) is 3.